The van der Waals surface area contributed by atoms with Gasteiger partial charge in [-0.2, -0.15) is 0 Å². The second-order valence-electron chi connectivity index (χ2n) is 5.01. The summed E-state index contributed by atoms with van der Waals surface area (Å²) in [4.78, 5) is 12.0. The van der Waals surface area contributed by atoms with Gasteiger partial charge in [0.1, 0.15) is 5.60 Å². The number of carbonyl (C=O) groups excluding carboxylic acids is 1. The normalized spacial score (nSPS) is 18.2. The highest BCUT2D eigenvalue weighted by atomic mass is 16.3. The van der Waals surface area contributed by atoms with Crippen LogP contribution in [0.2, 0.25) is 0 Å². The molecule has 1 saturated carbocycles. The highest BCUT2D eigenvalue weighted by Crippen LogP contribution is 2.31. The number of carbonyl (C=O) groups is 1. The van der Waals surface area contributed by atoms with Gasteiger partial charge in [0, 0.05) is 6.42 Å². The molecule has 1 aliphatic rings. The molecule has 0 bridgehead atoms. The third-order valence-electron chi connectivity index (χ3n) is 3.75. The average molecular weight is 232 g/mol. The Kier molecular flexibility index (Phi) is 3.63. The van der Waals surface area contributed by atoms with Gasteiger partial charge in [-0.05, 0) is 43.2 Å². The van der Waals surface area contributed by atoms with E-state index in [0.717, 1.165) is 24.8 Å². The van der Waals surface area contributed by atoms with E-state index >= 15 is 0 Å². The first kappa shape index (κ1) is 12.3. The molecule has 1 aliphatic carbocycles. The summed E-state index contributed by atoms with van der Waals surface area (Å²) in [6, 6.07) is 8.10. The molecule has 0 amide bonds. The quantitative estimate of drug-likeness (QED) is 0.866. The summed E-state index contributed by atoms with van der Waals surface area (Å²) in [5.74, 6) is -0.0146. The van der Waals surface area contributed by atoms with E-state index in [4.69, 9.17) is 0 Å². The van der Waals surface area contributed by atoms with Crippen molar-refractivity contribution in [3.05, 3.63) is 35.4 Å². The Morgan fingerprint density at radius 2 is 1.71 bits per heavy atom. The molecule has 0 radical (unpaired) electrons. The topological polar surface area (TPSA) is 37.3 Å². The molecule has 0 saturated heterocycles. The lowest BCUT2D eigenvalue weighted by Gasteiger charge is -2.20. The first-order chi connectivity index (χ1) is 8.14. The molecule has 0 aromatic heterocycles. The number of aliphatic hydroxyl groups is 1. The van der Waals surface area contributed by atoms with Crippen molar-refractivity contribution in [3.8, 4) is 0 Å². The number of Topliss-reactive ketones (excluding diaryl/α,β-unsaturated/α-hetero) is 1. The monoisotopic (exact) mass is 232 g/mol. The minimum absolute atomic E-state index is 0.0146. The van der Waals surface area contributed by atoms with Gasteiger partial charge < -0.3 is 5.11 Å². The van der Waals surface area contributed by atoms with E-state index in [0.29, 0.717) is 19.3 Å². The van der Waals surface area contributed by atoms with Crippen LogP contribution < -0.4 is 0 Å². The van der Waals surface area contributed by atoms with Gasteiger partial charge in [-0.3, -0.25) is 4.79 Å². The third-order valence-corrected chi connectivity index (χ3v) is 3.75. The smallest absolute Gasteiger partial charge is 0.168 e. The zero-order chi connectivity index (χ0) is 12.3. The fourth-order valence-corrected chi connectivity index (χ4v) is 2.48. The Morgan fingerprint density at radius 3 is 2.24 bits per heavy atom. The van der Waals surface area contributed by atoms with E-state index in [-0.39, 0.29) is 5.78 Å². The van der Waals surface area contributed by atoms with Crippen LogP contribution in [-0.4, -0.2) is 16.5 Å². The van der Waals surface area contributed by atoms with Crippen LogP contribution >= 0.6 is 0 Å². The Hall–Kier alpha value is -1.15. The molecular weight excluding hydrogens is 212 g/mol. The van der Waals surface area contributed by atoms with Crippen LogP contribution in [0.3, 0.4) is 0 Å². The van der Waals surface area contributed by atoms with Crippen molar-refractivity contribution in [2.24, 2.45) is 0 Å². The van der Waals surface area contributed by atoms with Crippen molar-refractivity contribution < 1.29 is 9.90 Å². The van der Waals surface area contributed by atoms with Crippen LogP contribution in [0.1, 0.15) is 43.7 Å². The van der Waals surface area contributed by atoms with Gasteiger partial charge in [0.15, 0.2) is 5.78 Å². The summed E-state index contributed by atoms with van der Waals surface area (Å²) in [6.45, 7) is 2.11. The molecule has 1 aromatic carbocycles. The fourth-order valence-electron chi connectivity index (χ4n) is 2.48. The number of hydrogen-bond donors (Lipinski definition) is 1. The highest BCUT2D eigenvalue weighted by molar-refractivity contribution is 5.89. The van der Waals surface area contributed by atoms with E-state index in [9.17, 15) is 9.90 Å². The number of ketones is 1. The maximum Gasteiger partial charge on any atom is 0.168 e. The largest absolute Gasteiger partial charge is 0.382 e. The highest BCUT2D eigenvalue weighted by Gasteiger charge is 2.37. The van der Waals surface area contributed by atoms with Gasteiger partial charge in [-0.15, -0.1) is 0 Å². The molecule has 0 spiro atoms. The summed E-state index contributed by atoms with van der Waals surface area (Å²) in [5.41, 5.74) is 1.25. The van der Waals surface area contributed by atoms with E-state index in [1.54, 1.807) is 0 Å². The molecule has 17 heavy (non-hydrogen) atoms. The third kappa shape index (κ3) is 2.75. The predicted octanol–water partition coefficient (Wildman–Crippen LogP) is 2.67. The first-order valence-electron chi connectivity index (χ1n) is 6.47. The average Bonchev–Trinajstić information content (AvgIpc) is 2.78. The minimum Gasteiger partial charge on any atom is -0.382 e. The molecule has 2 nitrogen and oxygen atoms in total. The number of aryl methyl sites for hydroxylation is 1. The van der Waals surface area contributed by atoms with E-state index in [1.165, 1.54) is 5.56 Å². The van der Waals surface area contributed by atoms with E-state index < -0.39 is 5.60 Å². The molecule has 0 atom stereocenters. The molecule has 0 unspecified atom stereocenters. The zero-order valence-corrected chi connectivity index (χ0v) is 10.4. The number of hydrogen-bond acceptors (Lipinski definition) is 2. The molecule has 1 aromatic rings. The van der Waals surface area contributed by atoms with Crippen LogP contribution in [0.4, 0.5) is 0 Å². The van der Waals surface area contributed by atoms with Crippen LogP contribution in [0.25, 0.3) is 0 Å². The number of rotatable bonds is 4. The maximum atomic E-state index is 12.0. The second kappa shape index (κ2) is 5.01. The number of benzene rings is 1. The predicted molar refractivity (Wildman–Crippen MR) is 67.9 cm³/mol. The minimum atomic E-state index is -1.04. The van der Waals surface area contributed by atoms with Crippen LogP contribution in [0.5, 0.6) is 0 Å². The maximum absolute atomic E-state index is 12.0. The van der Waals surface area contributed by atoms with Gasteiger partial charge >= 0.3 is 0 Å². The Bertz CT molecular complexity index is 386. The summed E-state index contributed by atoms with van der Waals surface area (Å²) in [7, 11) is 0. The van der Waals surface area contributed by atoms with Crippen molar-refractivity contribution in [1.29, 1.82) is 0 Å². The van der Waals surface area contributed by atoms with Crippen molar-refractivity contribution >= 4 is 5.78 Å². The van der Waals surface area contributed by atoms with Crippen molar-refractivity contribution in [3.63, 3.8) is 0 Å². The van der Waals surface area contributed by atoms with Gasteiger partial charge in [0.05, 0.1) is 0 Å². The van der Waals surface area contributed by atoms with E-state index in [1.807, 2.05) is 12.1 Å². The molecule has 2 rings (SSSR count). The Labute approximate surface area is 103 Å². The van der Waals surface area contributed by atoms with Crippen molar-refractivity contribution in [1.82, 2.24) is 0 Å². The lowest BCUT2D eigenvalue weighted by atomic mass is 9.91. The molecule has 1 N–H and O–H groups in total. The summed E-state index contributed by atoms with van der Waals surface area (Å²) < 4.78 is 0. The molecule has 1 fully saturated rings. The van der Waals surface area contributed by atoms with Gasteiger partial charge in [-0.1, -0.05) is 31.2 Å². The molecule has 0 heterocycles. The van der Waals surface area contributed by atoms with Gasteiger partial charge in [0.2, 0.25) is 0 Å². The second-order valence-corrected chi connectivity index (χ2v) is 5.01. The molecule has 2 heteroatoms. The van der Waals surface area contributed by atoms with Crippen LogP contribution in [0, 0.1) is 0 Å². The summed E-state index contributed by atoms with van der Waals surface area (Å²) in [5, 5.41) is 10.2. The Morgan fingerprint density at radius 1 is 1.18 bits per heavy atom. The Balaban J connectivity index is 2.02. The van der Waals surface area contributed by atoms with E-state index in [2.05, 4.69) is 19.1 Å². The van der Waals surface area contributed by atoms with Crippen molar-refractivity contribution in [2.75, 3.05) is 0 Å². The fraction of sp³-hybridized carbons (Fsp3) is 0.533. The standard InChI is InChI=1S/C15H20O2/c1-2-12-5-7-13(8-6-12)11-14(16)15(17)9-3-4-10-15/h5-8,17H,2-4,9-11H2,1H3. The summed E-state index contributed by atoms with van der Waals surface area (Å²) >= 11 is 0. The van der Waals surface area contributed by atoms with Crippen molar-refractivity contribution in [2.45, 2.75) is 51.0 Å². The lowest BCUT2D eigenvalue weighted by molar-refractivity contribution is -0.136. The SMILES string of the molecule is CCc1ccc(CC(=O)C2(O)CCCC2)cc1. The van der Waals surface area contributed by atoms with Gasteiger partial charge in [0.25, 0.3) is 0 Å². The molecule has 0 aliphatic heterocycles. The summed E-state index contributed by atoms with van der Waals surface area (Å²) in [6.07, 6.45) is 4.59. The van der Waals surface area contributed by atoms with Gasteiger partial charge in [-0.25, -0.2) is 0 Å². The van der Waals surface area contributed by atoms with Crippen LogP contribution in [-0.2, 0) is 17.6 Å². The molecular formula is C15H20O2. The zero-order valence-electron chi connectivity index (χ0n) is 10.4. The lowest BCUT2D eigenvalue weighted by Crippen LogP contribution is -2.36. The molecule has 92 valence electrons. The van der Waals surface area contributed by atoms with Crippen LogP contribution in [0.15, 0.2) is 24.3 Å². The first-order valence-corrected chi connectivity index (χ1v) is 6.47.